The molecular formula is C15H19N3O4S. The lowest BCUT2D eigenvalue weighted by atomic mass is 10.1. The Kier molecular flexibility index (Phi) is 3.93. The van der Waals surface area contributed by atoms with E-state index in [1.54, 1.807) is 31.0 Å². The summed E-state index contributed by atoms with van der Waals surface area (Å²) in [6.45, 7) is 0. The Balaban J connectivity index is 1.95. The summed E-state index contributed by atoms with van der Waals surface area (Å²) in [5, 5.41) is 4.49. The van der Waals surface area contributed by atoms with Gasteiger partial charge in [0.05, 0.1) is 37.5 Å². The van der Waals surface area contributed by atoms with Crippen molar-refractivity contribution in [2.24, 2.45) is 0 Å². The van der Waals surface area contributed by atoms with Gasteiger partial charge in [0.1, 0.15) is 5.82 Å². The van der Waals surface area contributed by atoms with Crippen LogP contribution in [0.25, 0.3) is 11.3 Å². The predicted octanol–water partition coefficient (Wildman–Crippen LogP) is 1.51. The van der Waals surface area contributed by atoms with Crippen LogP contribution in [-0.4, -0.2) is 43.9 Å². The number of sulfone groups is 1. The lowest BCUT2D eigenvalue weighted by Gasteiger charge is -2.10. The monoisotopic (exact) mass is 337 g/mol. The van der Waals surface area contributed by atoms with Gasteiger partial charge in [0.25, 0.3) is 0 Å². The van der Waals surface area contributed by atoms with Gasteiger partial charge in [-0.05, 0) is 24.6 Å². The molecule has 2 heterocycles. The first-order valence-corrected chi connectivity index (χ1v) is 9.03. The highest BCUT2D eigenvalue weighted by atomic mass is 32.2. The van der Waals surface area contributed by atoms with Crippen molar-refractivity contribution >= 4 is 15.7 Å². The summed E-state index contributed by atoms with van der Waals surface area (Å²) in [6, 6.07) is 7.01. The number of nitrogens with two attached hydrogens (primary N) is 1. The standard InChI is InChI=1S/C15H19N3O4S/c1-21-13-4-3-10(7-14(13)22-2)12-8-15(16)18(17-12)11-5-6-23(19,20)9-11/h3-4,7-8,11H,5-6,9,16H2,1-2H3. The van der Waals surface area contributed by atoms with Crippen LogP contribution in [-0.2, 0) is 9.84 Å². The van der Waals surface area contributed by atoms with Gasteiger partial charge in [0.15, 0.2) is 21.3 Å². The molecule has 1 aromatic carbocycles. The fourth-order valence-electron chi connectivity index (χ4n) is 2.81. The van der Waals surface area contributed by atoms with Gasteiger partial charge in [-0.2, -0.15) is 5.10 Å². The van der Waals surface area contributed by atoms with Crippen molar-refractivity contribution in [3.8, 4) is 22.8 Å². The number of benzene rings is 1. The number of aromatic nitrogens is 2. The van der Waals surface area contributed by atoms with Crippen molar-refractivity contribution in [3.05, 3.63) is 24.3 Å². The minimum Gasteiger partial charge on any atom is -0.493 e. The third kappa shape index (κ3) is 2.98. The number of nitrogen functional groups attached to an aromatic ring is 1. The van der Waals surface area contributed by atoms with Crippen molar-refractivity contribution in [2.45, 2.75) is 12.5 Å². The Labute approximate surface area is 134 Å². The van der Waals surface area contributed by atoms with Crippen LogP contribution in [0.4, 0.5) is 5.82 Å². The normalized spacial score (nSPS) is 19.7. The quantitative estimate of drug-likeness (QED) is 0.908. The van der Waals surface area contributed by atoms with Crippen molar-refractivity contribution in [1.29, 1.82) is 0 Å². The van der Waals surface area contributed by atoms with E-state index in [9.17, 15) is 8.42 Å². The summed E-state index contributed by atoms with van der Waals surface area (Å²) in [7, 11) is 0.153. The molecule has 124 valence electrons. The molecule has 1 atom stereocenters. The maximum absolute atomic E-state index is 11.6. The molecule has 1 fully saturated rings. The SMILES string of the molecule is COc1ccc(-c2cc(N)n(C3CCS(=O)(=O)C3)n2)cc1OC. The highest BCUT2D eigenvalue weighted by Gasteiger charge is 2.31. The molecule has 0 saturated carbocycles. The predicted molar refractivity (Wildman–Crippen MR) is 87.5 cm³/mol. The average Bonchev–Trinajstić information content (AvgIpc) is 3.08. The van der Waals surface area contributed by atoms with Gasteiger partial charge in [-0.1, -0.05) is 0 Å². The van der Waals surface area contributed by atoms with E-state index < -0.39 is 9.84 Å². The maximum Gasteiger partial charge on any atom is 0.161 e. The number of hydrogen-bond acceptors (Lipinski definition) is 6. The maximum atomic E-state index is 11.6. The number of ether oxygens (including phenoxy) is 2. The van der Waals surface area contributed by atoms with E-state index >= 15 is 0 Å². The number of anilines is 1. The first-order chi connectivity index (χ1) is 10.9. The van der Waals surface area contributed by atoms with Crippen molar-refractivity contribution in [2.75, 3.05) is 31.5 Å². The first kappa shape index (κ1) is 15.7. The molecule has 1 aromatic heterocycles. The topological polar surface area (TPSA) is 96.4 Å². The molecule has 0 bridgehead atoms. The number of nitrogens with zero attached hydrogens (tertiary/aromatic N) is 2. The summed E-state index contributed by atoms with van der Waals surface area (Å²) >= 11 is 0. The summed E-state index contributed by atoms with van der Waals surface area (Å²) in [5.41, 5.74) is 7.53. The van der Waals surface area contributed by atoms with Gasteiger partial charge < -0.3 is 15.2 Å². The third-order valence-electron chi connectivity index (χ3n) is 4.00. The largest absolute Gasteiger partial charge is 0.493 e. The van der Waals surface area contributed by atoms with Gasteiger partial charge in [-0.3, -0.25) is 0 Å². The third-order valence-corrected chi connectivity index (χ3v) is 5.75. The average molecular weight is 337 g/mol. The second-order valence-corrected chi connectivity index (χ2v) is 7.75. The highest BCUT2D eigenvalue weighted by Crippen LogP contribution is 2.33. The highest BCUT2D eigenvalue weighted by molar-refractivity contribution is 7.91. The summed E-state index contributed by atoms with van der Waals surface area (Å²) in [5.74, 6) is 1.95. The smallest absolute Gasteiger partial charge is 0.161 e. The summed E-state index contributed by atoms with van der Waals surface area (Å²) < 4.78 is 35.4. The number of rotatable bonds is 4. The fraction of sp³-hybridized carbons (Fsp3) is 0.400. The molecule has 3 rings (SSSR count). The van der Waals surface area contributed by atoms with Gasteiger partial charge >= 0.3 is 0 Å². The van der Waals surface area contributed by atoms with E-state index in [1.807, 2.05) is 12.1 Å². The second-order valence-electron chi connectivity index (χ2n) is 5.53. The van der Waals surface area contributed by atoms with Crippen LogP contribution in [0.15, 0.2) is 24.3 Å². The zero-order valence-electron chi connectivity index (χ0n) is 13.0. The van der Waals surface area contributed by atoms with Crippen LogP contribution >= 0.6 is 0 Å². The van der Waals surface area contributed by atoms with E-state index in [1.165, 1.54) is 0 Å². The minimum atomic E-state index is -2.99. The van der Waals surface area contributed by atoms with Crippen molar-refractivity contribution in [3.63, 3.8) is 0 Å². The molecule has 1 aliphatic rings. The Morgan fingerprint density at radius 1 is 1.22 bits per heavy atom. The zero-order chi connectivity index (χ0) is 16.6. The van der Waals surface area contributed by atoms with Crippen LogP contribution in [0.3, 0.4) is 0 Å². The van der Waals surface area contributed by atoms with Crippen LogP contribution < -0.4 is 15.2 Å². The Morgan fingerprint density at radius 2 is 1.96 bits per heavy atom. The molecule has 1 saturated heterocycles. The molecule has 0 amide bonds. The Bertz CT molecular complexity index is 829. The van der Waals surface area contributed by atoms with Gasteiger partial charge in [0.2, 0.25) is 0 Å². The van der Waals surface area contributed by atoms with E-state index in [0.29, 0.717) is 29.4 Å². The second kappa shape index (κ2) is 5.77. The molecule has 2 aromatic rings. The summed E-state index contributed by atoms with van der Waals surface area (Å²) in [4.78, 5) is 0. The molecule has 23 heavy (non-hydrogen) atoms. The molecule has 0 aliphatic carbocycles. The molecule has 0 spiro atoms. The van der Waals surface area contributed by atoms with E-state index in [2.05, 4.69) is 5.10 Å². The molecule has 1 unspecified atom stereocenters. The lowest BCUT2D eigenvalue weighted by Crippen LogP contribution is -2.14. The van der Waals surface area contributed by atoms with Gasteiger partial charge in [-0.15, -0.1) is 0 Å². The first-order valence-electron chi connectivity index (χ1n) is 7.21. The van der Waals surface area contributed by atoms with Crippen molar-refractivity contribution in [1.82, 2.24) is 9.78 Å². The zero-order valence-corrected chi connectivity index (χ0v) is 13.8. The van der Waals surface area contributed by atoms with Gasteiger partial charge in [-0.25, -0.2) is 13.1 Å². The van der Waals surface area contributed by atoms with Crippen LogP contribution in [0.1, 0.15) is 12.5 Å². The van der Waals surface area contributed by atoms with Crippen LogP contribution in [0.2, 0.25) is 0 Å². The summed E-state index contributed by atoms with van der Waals surface area (Å²) in [6.07, 6.45) is 0.541. The van der Waals surface area contributed by atoms with Crippen LogP contribution in [0, 0.1) is 0 Å². The van der Waals surface area contributed by atoms with E-state index in [-0.39, 0.29) is 17.5 Å². The van der Waals surface area contributed by atoms with E-state index in [4.69, 9.17) is 15.2 Å². The van der Waals surface area contributed by atoms with Crippen LogP contribution in [0.5, 0.6) is 11.5 Å². The Morgan fingerprint density at radius 3 is 2.57 bits per heavy atom. The molecule has 8 heteroatoms. The fourth-order valence-corrected chi connectivity index (χ4v) is 4.50. The molecular weight excluding hydrogens is 318 g/mol. The molecule has 1 aliphatic heterocycles. The number of methoxy groups -OCH3 is 2. The van der Waals surface area contributed by atoms with E-state index in [0.717, 1.165) is 5.56 Å². The molecule has 2 N–H and O–H groups in total. The Hall–Kier alpha value is -2.22. The van der Waals surface area contributed by atoms with Gasteiger partial charge in [0, 0.05) is 11.6 Å². The molecule has 7 nitrogen and oxygen atoms in total. The molecule has 0 radical (unpaired) electrons. The minimum absolute atomic E-state index is 0.0876. The number of hydrogen-bond donors (Lipinski definition) is 1. The lowest BCUT2D eigenvalue weighted by molar-refractivity contribution is 0.355. The van der Waals surface area contributed by atoms with Crippen molar-refractivity contribution < 1.29 is 17.9 Å².